The van der Waals surface area contributed by atoms with Crippen molar-refractivity contribution in [1.29, 1.82) is 0 Å². The molecule has 3 unspecified atom stereocenters. The Morgan fingerprint density at radius 1 is 0.529 bits per heavy atom. The molecule has 98 valence electrons. The summed E-state index contributed by atoms with van der Waals surface area (Å²) in [5.74, 6) is 4.15. The zero-order valence-corrected chi connectivity index (χ0v) is 11.1. The molecule has 3 atom stereocenters. The van der Waals surface area contributed by atoms with Gasteiger partial charge in [-0.05, 0) is 68.6 Å². The summed E-state index contributed by atoms with van der Waals surface area (Å²) in [6.07, 6.45) is 15.4. The second-order valence-corrected chi connectivity index (χ2v) is 6.95. The second-order valence-electron chi connectivity index (χ2n) is 6.95. The van der Waals surface area contributed by atoms with Gasteiger partial charge in [0, 0.05) is 0 Å². The Labute approximate surface area is 106 Å². The van der Waals surface area contributed by atoms with Crippen molar-refractivity contribution in [2.45, 2.75) is 76.7 Å². The number of hydrogen-bond acceptors (Lipinski definition) is 1. The summed E-state index contributed by atoms with van der Waals surface area (Å²) in [4.78, 5) is 0. The second kappa shape index (κ2) is 5.30. The van der Waals surface area contributed by atoms with Crippen LogP contribution in [-0.2, 0) is 0 Å². The van der Waals surface area contributed by atoms with Gasteiger partial charge in [0.05, 0.1) is 6.10 Å². The van der Waals surface area contributed by atoms with E-state index in [4.69, 9.17) is 0 Å². The lowest BCUT2D eigenvalue weighted by Crippen LogP contribution is -2.33. The Kier molecular flexibility index (Phi) is 3.75. The molecule has 3 aliphatic carbocycles. The smallest absolute Gasteiger partial charge is 0.0540 e. The van der Waals surface area contributed by atoms with E-state index in [0.29, 0.717) is 0 Å². The van der Waals surface area contributed by atoms with E-state index in [1.807, 2.05) is 0 Å². The Hall–Kier alpha value is -0.0400. The third-order valence-electron chi connectivity index (χ3n) is 5.99. The number of rotatable bonds is 1. The van der Waals surface area contributed by atoms with Crippen molar-refractivity contribution in [2.24, 2.45) is 23.7 Å². The van der Waals surface area contributed by atoms with Gasteiger partial charge in [0.2, 0.25) is 0 Å². The minimum absolute atomic E-state index is 0.0252. The molecule has 3 saturated carbocycles. The Morgan fingerprint density at radius 2 is 1.00 bits per heavy atom. The van der Waals surface area contributed by atoms with Crippen LogP contribution < -0.4 is 0 Å². The van der Waals surface area contributed by atoms with Crippen molar-refractivity contribution < 1.29 is 5.11 Å². The normalized spacial score (nSPS) is 47.5. The summed E-state index contributed by atoms with van der Waals surface area (Å²) < 4.78 is 0. The molecule has 0 aromatic carbocycles. The maximum atomic E-state index is 9.61. The highest BCUT2D eigenvalue weighted by Crippen LogP contribution is 2.47. The molecule has 3 rings (SSSR count). The van der Waals surface area contributed by atoms with Crippen molar-refractivity contribution in [2.75, 3.05) is 0 Å². The maximum Gasteiger partial charge on any atom is 0.0540 e. The first-order chi connectivity index (χ1) is 8.33. The van der Waals surface area contributed by atoms with Gasteiger partial charge in [0.1, 0.15) is 0 Å². The van der Waals surface area contributed by atoms with Gasteiger partial charge in [0.25, 0.3) is 0 Å². The predicted molar refractivity (Wildman–Crippen MR) is 70.8 cm³/mol. The zero-order chi connectivity index (χ0) is 11.7. The van der Waals surface area contributed by atoms with Crippen molar-refractivity contribution in [3.8, 4) is 0 Å². The third kappa shape index (κ3) is 2.70. The predicted octanol–water partition coefficient (Wildman–Crippen LogP) is 4.14. The molecule has 0 aromatic heterocycles. The van der Waals surface area contributed by atoms with E-state index >= 15 is 0 Å². The lowest BCUT2D eigenvalue weighted by Gasteiger charge is -2.43. The average Bonchev–Trinajstić information content (AvgIpc) is 2.39. The number of aliphatic hydroxyl groups excluding tert-OH is 1. The standard InChI is InChI=1S/C16H28O/c17-16-9-7-13(8-10-16)15-6-5-12-3-1-2-4-14(12)11-15/h12-17H,1-11H2. The van der Waals surface area contributed by atoms with Crippen LogP contribution in [0.25, 0.3) is 0 Å². The fraction of sp³-hybridized carbons (Fsp3) is 1.00. The summed E-state index contributed by atoms with van der Waals surface area (Å²) in [5, 5.41) is 9.61. The molecule has 0 aromatic rings. The van der Waals surface area contributed by atoms with Gasteiger partial charge < -0.3 is 5.11 Å². The van der Waals surface area contributed by atoms with E-state index in [-0.39, 0.29) is 6.10 Å². The minimum Gasteiger partial charge on any atom is -0.393 e. The molecule has 0 aliphatic heterocycles. The van der Waals surface area contributed by atoms with Crippen molar-refractivity contribution >= 4 is 0 Å². The summed E-state index contributed by atoms with van der Waals surface area (Å²) in [6.45, 7) is 0. The third-order valence-corrected chi connectivity index (χ3v) is 5.99. The van der Waals surface area contributed by atoms with Gasteiger partial charge in [-0.25, -0.2) is 0 Å². The number of aliphatic hydroxyl groups is 1. The van der Waals surface area contributed by atoms with E-state index < -0.39 is 0 Å². The largest absolute Gasteiger partial charge is 0.393 e. The summed E-state index contributed by atoms with van der Waals surface area (Å²) in [6, 6.07) is 0. The highest BCUT2D eigenvalue weighted by molar-refractivity contribution is 4.87. The summed E-state index contributed by atoms with van der Waals surface area (Å²) in [5.41, 5.74) is 0. The van der Waals surface area contributed by atoms with Crippen molar-refractivity contribution in [1.82, 2.24) is 0 Å². The van der Waals surface area contributed by atoms with Crippen LogP contribution >= 0.6 is 0 Å². The average molecular weight is 236 g/mol. The molecule has 0 saturated heterocycles. The van der Waals surface area contributed by atoms with Crippen molar-refractivity contribution in [3.63, 3.8) is 0 Å². The highest BCUT2D eigenvalue weighted by Gasteiger charge is 2.36. The Morgan fingerprint density at radius 3 is 1.76 bits per heavy atom. The molecule has 1 heteroatoms. The fourth-order valence-electron chi connectivity index (χ4n) is 4.91. The van der Waals surface area contributed by atoms with E-state index in [1.165, 1.54) is 57.8 Å². The van der Waals surface area contributed by atoms with Gasteiger partial charge in [0.15, 0.2) is 0 Å². The molecule has 0 bridgehead atoms. The molecule has 1 N–H and O–H groups in total. The quantitative estimate of drug-likeness (QED) is 0.725. The van der Waals surface area contributed by atoms with Crippen LogP contribution in [0.15, 0.2) is 0 Å². The first-order valence-electron chi connectivity index (χ1n) is 8.01. The molecular weight excluding hydrogens is 208 g/mol. The number of hydrogen-bond donors (Lipinski definition) is 1. The van der Waals surface area contributed by atoms with Crippen LogP contribution in [0.5, 0.6) is 0 Å². The van der Waals surface area contributed by atoms with Gasteiger partial charge >= 0.3 is 0 Å². The van der Waals surface area contributed by atoms with E-state index in [9.17, 15) is 5.11 Å². The Bertz CT molecular complexity index is 242. The molecule has 0 heterocycles. The van der Waals surface area contributed by atoms with Crippen LogP contribution in [0, 0.1) is 23.7 Å². The first kappa shape index (κ1) is 12.0. The summed E-state index contributed by atoms with van der Waals surface area (Å²) >= 11 is 0. The molecule has 1 nitrogen and oxygen atoms in total. The van der Waals surface area contributed by atoms with Crippen LogP contribution in [0.2, 0.25) is 0 Å². The molecule has 0 spiro atoms. The topological polar surface area (TPSA) is 20.2 Å². The van der Waals surface area contributed by atoms with Crippen LogP contribution in [-0.4, -0.2) is 11.2 Å². The molecular formula is C16H28O. The molecule has 17 heavy (non-hydrogen) atoms. The minimum atomic E-state index is 0.0252. The van der Waals surface area contributed by atoms with Crippen molar-refractivity contribution in [3.05, 3.63) is 0 Å². The van der Waals surface area contributed by atoms with Crippen LogP contribution in [0.1, 0.15) is 70.6 Å². The lowest BCUT2D eigenvalue weighted by atomic mass is 9.63. The molecule has 0 amide bonds. The van der Waals surface area contributed by atoms with Crippen LogP contribution in [0.3, 0.4) is 0 Å². The lowest BCUT2D eigenvalue weighted by molar-refractivity contribution is 0.0513. The summed E-state index contributed by atoms with van der Waals surface area (Å²) in [7, 11) is 0. The van der Waals surface area contributed by atoms with Gasteiger partial charge in [-0.15, -0.1) is 0 Å². The molecule has 3 aliphatic rings. The Balaban J connectivity index is 1.54. The highest BCUT2D eigenvalue weighted by atomic mass is 16.3. The van der Waals surface area contributed by atoms with Gasteiger partial charge in [-0.3, -0.25) is 0 Å². The molecule has 0 radical (unpaired) electrons. The zero-order valence-electron chi connectivity index (χ0n) is 11.1. The fourth-order valence-corrected chi connectivity index (χ4v) is 4.91. The monoisotopic (exact) mass is 236 g/mol. The van der Waals surface area contributed by atoms with Gasteiger partial charge in [-0.2, -0.15) is 0 Å². The van der Waals surface area contributed by atoms with E-state index in [2.05, 4.69) is 0 Å². The molecule has 3 fully saturated rings. The maximum absolute atomic E-state index is 9.61. The number of fused-ring (bicyclic) bond motifs is 1. The van der Waals surface area contributed by atoms with Gasteiger partial charge in [-0.1, -0.05) is 25.7 Å². The first-order valence-corrected chi connectivity index (χ1v) is 8.01. The van der Waals surface area contributed by atoms with Crippen LogP contribution in [0.4, 0.5) is 0 Å². The SMILES string of the molecule is OC1CCC(C2CCC3CCCCC3C2)CC1. The van der Waals surface area contributed by atoms with E-state index in [1.54, 1.807) is 0 Å². The van der Waals surface area contributed by atoms with E-state index in [0.717, 1.165) is 36.5 Å².